The van der Waals surface area contributed by atoms with E-state index in [0.29, 0.717) is 11.8 Å². The Kier molecular flexibility index (Phi) is 7.75. The van der Waals surface area contributed by atoms with Crippen molar-refractivity contribution < 1.29 is 14.7 Å². The minimum absolute atomic E-state index is 0.00320. The fraction of sp³-hybridized carbons (Fsp3) is 0.423. The molecular weight excluding hydrogens is 388 g/mol. The van der Waals surface area contributed by atoms with Gasteiger partial charge < -0.3 is 5.11 Å². The molecule has 1 amide bonds. The maximum absolute atomic E-state index is 12.3. The van der Waals surface area contributed by atoms with Crippen molar-refractivity contribution in [2.24, 2.45) is 22.9 Å². The number of nitrogens with one attached hydrogen (secondary N) is 1. The smallest absolute Gasteiger partial charge is 0.240 e. The van der Waals surface area contributed by atoms with Gasteiger partial charge in [-0.25, -0.2) is 5.43 Å². The van der Waals surface area contributed by atoms with Crippen molar-refractivity contribution in [2.75, 3.05) is 0 Å². The van der Waals surface area contributed by atoms with Crippen molar-refractivity contribution >= 4 is 23.5 Å². The fourth-order valence-corrected chi connectivity index (χ4v) is 4.50. The van der Waals surface area contributed by atoms with Gasteiger partial charge in [-0.05, 0) is 54.2 Å². The van der Waals surface area contributed by atoms with Crippen molar-refractivity contribution in [3.8, 4) is 0 Å². The first-order chi connectivity index (χ1) is 14.9. The molecule has 5 heteroatoms. The molecule has 31 heavy (non-hydrogen) atoms. The number of aliphatic hydroxyl groups is 1. The average molecular weight is 421 g/mol. The van der Waals surface area contributed by atoms with Gasteiger partial charge >= 0.3 is 0 Å². The Hall–Kier alpha value is -2.79. The van der Waals surface area contributed by atoms with E-state index in [1.165, 1.54) is 0 Å². The molecule has 3 rings (SSSR count). The number of benzene rings is 1. The highest BCUT2D eigenvalue weighted by atomic mass is 16.3. The van der Waals surface area contributed by atoms with Crippen LogP contribution in [0.25, 0.3) is 5.57 Å². The second kappa shape index (κ2) is 10.5. The Morgan fingerprint density at radius 2 is 2.06 bits per heavy atom. The third kappa shape index (κ3) is 5.88. The molecule has 0 aromatic heterocycles. The quantitative estimate of drug-likeness (QED) is 0.375. The molecule has 0 fully saturated rings. The molecule has 0 bridgehead atoms. The van der Waals surface area contributed by atoms with Crippen LogP contribution in [0.4, 0.5) is 0 Å². The minimum atomic E-state index is -0.598. The van der Waals surface area contributed by atoms with E-state index >= 15 is 0 Å². The third-order valence-corrected chi connectivity index (χ3v) is 6.27. The Bertz CT molecular complexity index is 928. The zero-order valence-electron chi connectivity index (χ0n) is 18.4. The van der Waals surface area contributed by atoms with Crippen molar-refractivity contribution in [2.45, 2.75) is 52.1 Å². The number of hydrogen-bond acceptors (Lipinski definition) is 4. The number of nitrogens with zero attached hydrogens (tertiary/aromatic N) is 1. The summed E-state index contributed by atoms with van der Waals surface area (Å²) in [5.74, 6) is 0.568. The molecule has 2 N–H and O–H groups in total. The average Bonchev–Trinajstić information content (AvgIpc) is 2.76. The fourth-order valence-electron chi connectivity index (χ4n) is 4.50. The highest BCUT2D eigenvalue weighted by Crippen LogP contribution is 2.39. The predicted molar refractivity (Wildman–Crippen MR) is 124 cm³/mol. The van der Waals surface area contributed by atoms with Crippen molar-refractivity contribution in [1.82, 2.24) is 5.43 Å². The summed E-state index contributed by atoms with van der Waals surface area (Å²) in [5.41, 5.74) is 6.06. The topological polar surface area (TPSA) is 78.8 Å². The predicted octanol–water partition coefficient (Wildman–Crippen LogP) is 4.23. The number of aliphatic hydroxyl groups excluding tert-OH is 1. The van der Waals surface area contributed by atoms with Gasteiger partial charge in [0.1, 0.15) is 5.78 Å². The van der Waals surface area contributed by atoms with E-state index in [-0.39, 0.29) is 36.9 Å². The van der Waals surface area contributed by atoms with Crippen LogP contribution in [0.1, 0.15) is 50.7 Å². The summed E-state index contributed by atoms with van der Waals surface area (Å²) in [6.07, 6.45) is 10.1. The Morgan fingerprint density at radius 3 is 2.84 bits per heavy atom. The van der Waals surface area contributed by atoms with E-state index in [4.69, 9.17) is 0 Å². The summed E-state index contributed by atoms with van der Waals surface area (Å²) in [6.45, 7) is 7.92. The van der Waals surface area contributed by atoms with Crippen LogP contribution in [0, 0.1) is 17.8 Å². The number of ketones is 1. The summed E-state index contributed by atoms with van der Waals surface area (Å²) in [4.78, 5) is 24.4. The number of hydrogen-bond donors (Lipinski definition) is 2. The Labute approximate surface area is 184 Å². The molecule has 2 aliphatic carbocycles. The molecule has 0 saturated carbocycles. The van der Waals surface area contributed by atoms with E-state index in [1.54, 1.807) is 6.21 Å². The van der Waals surface area contributed by atoms with Gasteiger partial charge in [-0.1, -0.05) is 61.6 Å². The first-order valence-electron chi connectivity index (χ1n) is 11.0. The zero-order chi connectivity index (χ0) is 22.4. The summed E-state index contributed by atoms with van der Waals surface area (Å²) in [6, 6.07) is 7.70. The van der Waals surface area contributed by atoms with Gasteiger partial charge in [-0.2, -0.15) is 5.10 Å². The number of amides is 1. The summed E-state index contributed by atoms with van der Waals surface area (Å²) in [5, 5.41) is 14.6. The van der Waals surface area contributed by atoms with Crippen LogP contribution in [0.5, 0.6) is 0 Å². The van der Waals surface area contributed by atoms with Gasteiger partial charge in [0.2, 0.25) is 5.91 Å². The molecule has 0 heterocycles. The highest BCUT2D eigenvalue weighted by molar-refractivity contribution is 5.88. The standard InChI is InChI=1S/C26H32N2O3/c1-17(2)23-10-6-4-9-20(23)15-22(29)12-13-25(30)28-27-16-21-14-19-8-5-7-11-24(19)18(3)26(21)31/h4,6-7,9-11,14,16,18-19,24,26,31H,1,5,8,12-13,15H2,2-3H3,(H,28,30)/b27-16-. The van der Waals surface area contributed by atoms with Crippen LogP contribution in [0.2, 0.25) is 0 Å². The lowest BCUT2D eigenvalue weighted by molar-refractivity contribution is -0.125. The van der Waals surface area contributed by atoms with Crippen molar-refractivity contribution in [1.29, 1.82) is 0 Å². The van der Waals surface area contributed by atoms with Gasteiger partial charge in [-0.3, -0.25) is 9.59 Å². The molecule has 4 atom stereocenters. The number of fused-ring (bicyclic) bond motifs is 1. The number of carbonyl (C=O) groups is 2. The monoisotopic (exact) mass is 420 g/mol. The first kappa shape index (κ1) is 22.9. The number of carbonyl (C=O) groups excluding carboxylic acids is 2. The maximum atomic E-state index is 12.3. The summed E-state index contributed by atoms with van der Waals surface area (Å²) < 4.78 is 0. The van der Waals surface area contributed by atoms with Gasteiger partial charge in [0, 0.05) is 19.3 Å². The molecule has 0 spiro atoms. The Morgan fingerprint density at radius 1 is 1.29 bits per heavy atom. The van der Waals surface area contributed by atoms with Gasteiger partial charge in [0.15, 0.2) is 0 Å². The van der Waals surface area contributed by atoms with Crippen LogP contribution in [0.3, 0.4) is 0 Å². The second-order valence-corrected chi connectivity index (χ2v) is 8.66. The van der Waals surface area contributed by atoms with Crippen LogP contribution < -0.4 is 5.43 Å². The van der Waals surface area contributed by atoms with Crippen LogP contribution in [-0.2, 0) is 16.0 Å². The van der Waals surface area contributed by atoms with Gasteiger partial charge in [-0.15, -0.1) is 0 Å². The number of hydrazone groups is 1. The van der Waals surface area contributed by atoms with Crippen LogP contribution in [-0.4, -0.2) is 29.1 Å². The van der Waals surface area contributed by atoms with Gasteiger partial charge in [0.25, 0.3) is 0 Å². The molecule has 5 nitrogen and oxygen atoms in total. The number of Topliss-reactive ketones (excluding diaryl/α,β-unsaturated/α-hetero) is 1. The molecule has 1 aromatic rings. The summed E-state index contributed by atoms with van der Waals surface area (Å²) >= 11 is 0. The molecule has 1 aromatic carbocycles. The highest BCUT2D eigenvalue weighted by Gasteiger charge is 2.35. The normalized spacial score (nSPS) is 25.1. The molecule has 0 aliphatic heterocycles. The van der Waals surface area contributed by atoms with E-state index in [1.807, 2.05) is 31.2 Å². The second-order valence-electron chi connectivity index (χ2n) is 8.66. The van der Waals surface area contributed by atoms with Crippen LogP contribution >= 0.6 is 0 Å². The largest absolute Gasteiger partial charge is 0.388 e. The molecule has 4 unspecified atom stereocenters. The lowest BCUT2D eigenvalue weighted by Crippen LogP contribution is -2.36. The molecule has 0 saturated heterocycles. The minimum Gasteiger partial charge on any atom is -0.388 e. The van der Waals surface area contributed by atoms with E-state index in [2.05, 4.69) is 42.3 Å². The van der Waals surface area contributed by atoms with Crippen molar-refractivity contribution in [3.05, 3.63) is 65.8 Å². The first-order valence-corrected chi connectivity index (χ1v) is 11.0. The van der Waals surface area contributed by atoms with E-state index in [0.717, 1.165) is 35.1 Å². The van der Waals surface area contributed by atoms with Gasteiger partial charge in [0.05, 0.1) is 12.3 Å². The Balaban J connectivity index is 1.48. The van der Waals surface area contributed by atoms with Crippen molar-refractivity contribution in [3.63, 3.8) is 0 Å². The van der Waals surface area contributed by atoms with E-state index in [9.17, 15) is 14.7 Å². The molecule has 2 aliphatic rings. The SMILES string of the molecule is C=C(C)c1ccccc1CC(=O)CCC(=O)N/N=C\C1=CC2CCC=CC2C(C)C1O. The van der Waals surface area contributed by atoms with Crippen LogP contribution in [0.15, 0.2) is 59.7 Å². The van der Waals surface area contributed by atoms with E-state index < -0.39 is 6.10 Å². The number of allylic oxidation sites excluding steroid dienone is 4. The third-order valence-electron chi connectivity index (χ3n) is 6.27. The lowest BCUT2D eigenvalue weighted by Gasteiger charge is -2.38. The maximum Gasteiger partial charge on any atom is 0.240 e. The molecule has 164 valence electrons. The summed E-state index contributed by atoms with van der Waals surface area (Å²) in [7, 11) is 0. The zero-order valence-corrected chi connectivity index (χ0v) is 18.4. The molecule has 0 radical (unpaired) electrons. The number of rotatable bonds is 8. The lowest BCUT2D eigenvalue weighted by atomic mass is 9.69. The molecular formula is C26H32N2O3.